The Kier molecular flexibility index (Phi) is 6.66. The topological polar surface area (TPSA) is 45.5 Å². The van der Waals surface area contributed by atoms with Gasteiger partial charge in [-0.3, -0.25) is 10.6 Å². The zero-order valence-corrected chi connectivity index (χ0v) is 12.8. The summed E-state index contributed by atoms with van der Waals surface area (Å²) in [5, 5.41) is 0. The second-order valence-corrected chi connectivity index (χ2v) is 6.02. The molecule has 1 radical (unpaired) electrons. The maximum atomic E-state index is 8.11. The molecular weight excluding hydrogens is 272 g/mol. The maximum absolute atomic E-state index is 8.11. The van der Waals surface area contributed by atoms with Crippen LogP contribution in [0.15, 0.2) is 29.2 Å². The molecule has 1 aromatic carbocycles. The van der Waals surface area contributed by atoms with Crippen molar-refractivity contribution in [1.82, 2.24) is 10.6 Å². The summed E-state index contributed by atoms with van der Waals surface area (Å²) in [6.07, 6.45) is 0.934. The first-order valence-electron chi connectivity index (χ1n) is 7.06. The fourth-order valence-corrected chi connectivity index (χ4v) is 3.00. The van der Waals surface area contributed by atoms with Gasteiger partial charge in [-0.05, 0) is 37.2 Å². The predicted molar refractivity (Wildman–Crippen MR) is 82.5 cm³/mol. The maximum Gasteiger partial charge on any atom is 0.118 e. The molecule has 1 heterocycles. The number of morpholine rings is 1. The van der Waals surface area contributed by atoms with Crippen LogP contribution in [0.5, 0.6) is 5.75 Å². The van der Waals surface area contributed by atoms with Crippen molar-refractivity contribution in [3.05, 3.63) is 24.3 Å². The number of benzene rings is 1. The van der Waals surface area contributed by atoms with E-state index in [2.05, 4.69) is 17.0 Å². The van der Waals surface area contributed by atoms with Gasteiger partial charge < -0.3 is 9.47 Å². The molecule has 0 amide bonds. The normalized spacial score (nSPS) is 17.9. The summed E-state index contributed by atoms with van der Waals surface area (Å²) in [5.74, 6) is 1.72. The molecular formula is C15H23N2O2S. The van der Waals surface area contributed by atoms with Crippen molar-refractivity contribution in [2.75, 3.05) is 45.7 Å². The lowest BCUT2D eigenvalue weighted by atomic mass is 10.2. The molecule has 5 heteroatoms. The molecule has 1 aliphatic heterocycles. The van der Waals surface area contributed by atoms with Gasteiger partial charge in [0.2, 0.25) is 0 Å². The van der Waals surface area contributed by atoms with E-state index in [9.17, 15) is 0 Å². The van der Waals surface area contributed by atoms with Crippen LogP contribution in [0.4, 0.5) is 0 Å². The van der Waals surface area contributed by atoms with E-state index in [1.165, 1.54) is 4.90 Å². The molecule has 0 aliphatic carbocycles. The van der Waals surface area contributed by atoms with Crippen LogP contribution in [0.3, 0.4) is 0 Å². The third-order valence-corrected chi connectivity index (χ3v) is 4.58. The quantitative estimate of drug-likeness (QED) is 0.723. The molecule has 1 aliphatic rings. The number of rotatable bonds is 7. The fourth-order valence-electron chi connectivity index (χ4n) is 2.12. The highest BCUT2D eigenvalue weighted by atomic mass is 32.2. The summed E-state index contributed by atoms with van der Waals surface area (Å²) < 4.78 is 10.5. The minimum absolute atomic E-state index is 0.00931. The number of methoxy groups -OCH3 is 1. The Morgan fingerprint density at radius 2 is 2.00 bits per heavy atom. The third kappa shape index (κ3) is 5.32. The molecule has 1 saturated heterocycles. The highest BCUT2D eigenvalue weighted by Gasteiger charge is 2.12. The molecule has 1 N–H and O–H groups in total. The van der Waals surface area contributed by atoms with Gasteiger partial charge in [-0.15, -0.1) is 11.8 Å². The van der Waals surface area contributed by atoms with E-state index in [0.29, 0.717) is 0 Å². The standard InChI is InChI=1S/C15H23N2O2S/c1-18-14-2-4-15(5-3-14)20-12-13(16)6-7-17-8-10-19-11-9-17/h2-5,13,16H,6-12H2,1H3/t13-/m1/s1. The fraction of sp³-hybridized carbons (Fsp3) is 0.600. The minimum Gasteiger partial charge on any atom is -0.497 e. The van der Waals surface area contributed by atoms with Crippen LogP contribution in [-0.2, 0) is 4.74 Å². The summed E-state index contributed by atoms with van der Waals surface area (Å²) in [4.78, 5) is 3.60. The molecule has 4 nitrogen and oxygen atoms in total. The average Bonchev–Trinajstić information content (AvgIpc) is 2.52. The summed E-state index contributed by atoms with van der Waals surface area (Å²) in [7, 11) is 1.67. The van der Waals surface area contributed by atoms with Gasteiger partial charge in [-0.25, -0.2) is 0 Å². The van der Waals surface area contributed by atoms with Gasteiger partial charge in [0.1, 0.15) is 5.75 Å². The van der Waals surface area contributed by atoms with Crippen LogP contribution in [0.1, 0.15) is 6.42 Å². The minimum atomic E-state index is -0.00931. The van der Waals surface area contributed by atoms with Gasteiger partial charge in [0.25, 0.3) is 0 Å². The molecule has 0 aromatic heterocycles. The summed E-state index contributed by atoms with van der Waals surface area (Å²) in [6, 6.07) is 8.03. The number of nitrogens with one attached hydrogen (secondary N) is 1. The molecule has 0 bridgehead atoms. The molecule has 20 heavy (non-hydrogen) atoms. The number of ether oxygens (including phenoxy) is 2. The molecule has 0 spiro atoms. The van der Waals surface area contributed by atoms with Crippen molar-refractivity contribution < 1.29 is 9.47 Å². The number of hydrogen-bond donors (Lipinski definition) is 0. The van der Waals surface area contributed by atoms with Gasteiger partial charge in [0, 0.05) is 29.8 Å². The third-order valence-electron chi connectivity index (χ3n) is 3.41. The molecule has 1 fully saturated rings. The molecule has 0 saturated carbocycles. The first kappa shape index (κ1) is 15.6. The Bertz CT molecular complexity index is 380. The van der Waals surface area contributed by atoms with Gasteiger partial charge in [-0.1, -0.05) is 0 Å². The Hall–Kier alpha value is -0.750. The molecule has 0 unspecified atom stereocenters. The Morgan fingerprint density at radius 1 is 1.30 bits per heavy atom. The largest absolute Gasteiger partial charge is 0.497 e. The van der Waals surface area contributed by atoms with Crippen LogP contribution in [0, 0.1) is 0 Å². The van der Waals surface area contributed by atoms with E-state index in [1.807, 2.05) is 12.1 Å². The Balaban J connectivity index is 1.64. The van der Waals surface area contributed by atoms with Crippen molar-refractivity contribution in [3.63, 3.8) is 0 Å². The molecule has 1 aromatic rings. The van der Waals surface area contributed by atoms with Crippen LogP contribution >= 0.6 is 11.8 Å². The lowest BCUT2D eigenvalue weighted by Gasteiger charge is -2.27. The molecule has 1 atom stereocenters. The van der Waals surface area contributed by atoms with Gasteiger partial charge in [0.05, 0.1) is 20.3 Å². The van der Waals surface area contributed by atoms with Crippen LogP contribution in [-0.4, -0.2) is 56.7 Å². The van der Waals surface area contributed by atoms with Crippen molar-refractivity contribution in [3.8, 4) is 5.75 Å². The summed E-state index contributed by atoms with van der Waals surface area (Å²) in [6.45, 7) is 4.71. The van der Waals surface area contributed by atoms with E-state index in [4.69, 9.17) is 15.2 Å². The van der Waals surface area contributed by atoms with Crippen molar-refractivity contribution in [1.29, 1.82) is 0 Å². The lowest BCUT2D eigenvalue weighted by Crippen LogP contribution is -2.38. The van der Waals surface area contributed by atoms with E-state index in [0.717, 1.165) is 50.8 Å². The van der Waals surface area contributed by atoms with E-state index in [1.54, 1.807) is 18.9 Å². The predicted octanol–water partition coefficient (Wildman–Crippen LogP) is 2.16. The highest BCUT2D eigenvalue weighted by molar-refractivity contribution is 7.99. The molecule has 2 rings (SSSR count). The number of thioether (sulfide) groups is 1. The van der Waals surface area contributed by atoms with Gasteiger partial charge in [-0.2, -0.15) is 0 Å². The average molecular weight is 295 g/mol. The summed E-state index contributed by atoms with van der Waals surface area (Å²) >= 11 is 1.75. The number of nitrogens with zero attached hydrogens (tertiary/aromatic N) is 1. The van der Waals surface area contributed by atoms with Crippen molar-refractivity contribution in [2.24, 2.45) is 0 Å². The van der Waals surface area contributed by atoms with Crippen LogP contribution in [0.2, 0.25) is 0 Å². The monoisotopic (exact) mass is 295 g/mol. The van der Waals surface area contributed by atoms with Crippen molar-refractivity contribution in [2.45, 2.75) is 17.4 Å². The van der Waals surface area contributed by atoms with Crippen molar-refractivity contribution >= 4 is 11.8 Å². The Labute approximate surface area is 125 Å². The lowest BCUT2D eigenvalue weighted by molar-refractivity contribution is 0.0368. The zero-order chi connectivity index (χ0) is 14.2. The number of hydrogen-bond acceptors (Lipinski definition) is 4. The van der Waals surface area contributed by atoms with E-state index >= 15 is 0 Å². The highest BCUT2D eigenvalue weighted by Crippen LogP contribution is 2.22. The first-order chi connectivity index (χ1) is 9.78. The summed E-state index contributed by atoms with van der Waals surface area (Å²) in [5.41, 5.74) is 8.11. The zero-order valence-electron chi connectivity index (χ0n) is 12.0. The van der Waals surface area contributed by atoms with Crippen LogP contribution in [0.25, 0.3) is 0 Å². The SMILES string of the molecule is COc1ccc(SC[C@H]([NH])CCN2CCOCC2)cc1. The second-order valence-electron chi connectivity index (χ2n) is 4.93. The Morgan fingerprint density at radius 3 is 2.65 bits per heavy atom. The van der Waals surface area contributed by atoms with E-state index in [-0.39, 0.29) is 6.04 Å². The second kappa shape index (κ2) is 8.52. The molecule has 111 valence electrons. The van der Waals surface area contributed by atoms with E-state index < -0.39 is 0 Å². The van der Waals surface area contributed by atoms with Crippen LogP contribution < -0.4 is 10.5 Å². The smallest absolute Gasteiger partial charge is 0.118 e. The first-order valence-corrected chi connectivity index (χ1v) is 8.04. The van der Waals surface area contributed by atoms with Gasteiger partial charge in [0.15, 0.2) is 0 Å². The van der Waals surface area contributed by atoms with Gasteiger partial charge >= 0.3 is 0 Å².